The van der Waals surface area contributed by atoms with E-state index >= 15 is 0 Å². The number of hydrogen-bond donors (Lipinski definition) is 1. The minimum atomic E-state index is 0.372. The van der Waals surface area contributed by atoms with Gasteiger partial charge in [0.25, 0.3) is 0 Å². The van der Waals surface area contributed by atoms with Crippen molar-refractivity contribution < 1.29 is 0 Å². The first-order chi connectivity index (χ1) is 8.20. The Morgan fingerprint density at radius 1 is 1.29 bits per heavy atom. The molecular formula is C14H17BrN2. The van der Waals surface area contributed by atoms with Crippen molar-refractivity contribution in [3.05, 3.63) is 58.3 Å². The third-order valence-electron chi connectivity index (χ3n) is 2.98. The van der Waals surface area contributed by atoms with Crippen LogP contribution in [-0.2, 0) is 6.54 Å². The molecule has 2 aromatic rings. The Hall–Kier alpha value is -1.06. The van der Waals surface area contributed by atoms with E-state index in [0.717, 1.165) is 11.0 Å². The Balaban J connectivity index is 2.22. The number of benzene rings is 1. The van der Waals surface area contributed by atoms with Gasteiger partial charge in [-0.2, -0.15) is 0 Å². The van der Waals surface area contributed by atoms with E-state index in [0.29, 0.717) is 6.04 Å². The van der Waals surface area contributed by atoms with Gasteiger partial charge in [0.15, 0.2) is 0 Å². The number of nitrogens with one attached hydrogen (secondary N) is 1. The largest absolute Gasteiger partial charge is 0.346 e. The highest BCUT2D eigenvalue weighted by atomic mass is 79.9. The van der Waals surface area contributed by atoms with Crippen LogP contribution in [0.5, 0.6) is 0 Å². The van der Waals surface area contributed by atoms with Gasteiger partial charge in [-0.05, 0) is 43.8 Å². The summed E-state index contributed by atoms with van der Waals surface area (Å²) in [5.41, 5.74) is 2.62. The zero-order chi connectivity index (χ0) is 12.3. The summed E-state index contributed by atoms with van der Waals surface area (Å²) in [6, 6.07) is 13.1. The van der Waals surface area contributed by atoms with E-state index in [-0.39, 0.29) is 0 Å². The van der Waals surface area contributed by atoms with Crippen molar-refractivity contribution in [3.8, 4) is 0 Å². The molecule has 1 atom stereocenters. The summed E-state index contributed by atoms with van der Waals surface area (Å²) < 4.78 is 3.41. The van der Waals surface area contributed by atoms with Crippen LogP contribution in [-0.4, -0.2) is 11.6 Å². The lowest BCUT2D eigenvalue weighted by atomic mass is 10.2. The van der Waals surface area contributed by atoms with Crippen LogP contribution in [0, 0.1) is 0 Å². The first kappa shape index (κ1) is 12.4. The lowest BCUT2D eigenvalue weighted by Gasteiger charge is -2.15. The molecule has 1 aromatic heterocycles. The maximum absolute atomic E-state index is 3.51. The maximum Gasteiger partial charge on any atom is 0.0473 e. The number of halogens is 1. The Kier molecular flexibility index (Phi) is 4.02. The first-order valence-electron chi connectivity index (χ1n) is 5.77. The molecule has 1 N–H and O–H groups in total. The zero-order valence-electron chi connectivity index (χ0n) is 10.2. The molecule has 3 heteroatoms. The van der Waals surface area contributed by atoms with Crippen LogP contribution < -0.4 is 5.32 Å². The molecule has 0 saturated heterocycles. The second-order valence-electron chi connectivity index (χ2n) is 4.20. The summed E-state index contributed by atoms with van der Waals surface area (Å²) in [7, 11) is 1.99. The fourth-order valence-electron chi connectivity index (χ4n) is 1.94. The predicted molar refractivity (Wildman–Crippen MR) is 75.2 cm³/mol. The van der Waals surface area contributed by atoms with Gasteiger partial charge in [-0.3, -0.25) is 0 Å². The van der Waals surface area contributed by atoms with Crippen molar-refractivity contribution >= 4 is 15.9 Å². The summed E-state index contributed by atoms with van der Waals surface area (Å²) in [6.07, 6.45) is 2.13. The summed E-state index contributed by atoms with van der Waals surface area (Å²) in [6.45, 7) is 3.08. The van der Waals surface area contributed by atoms with E-state index < -0.39 is 0 Å². The Morgan fingerprint density at radius 3 is 2.82 bits per heavy atom. The molecule has 0 radical (unpaired) electrons. The van der Waals surface area contributed by atoms with Crippen LogP contribution in [0.3, 0.4) is 0 Å². The zero-order valence-corrected chi connectivity index (χ0v) is 11.7. The van der Waals surface area contributed by atoms with Crippen LogP contribution in [0.1, 0.15) is 24.2 Å². The van der Waals surface area contributed by atoms with E-state index in [1.54, 1.807) is 0 Å². The summed E-state index contributed by atoms with van der Waals surface area (Å²) in [5, 5.41) is 3.27. The van der Waals surface area contributed by atoms with Crippen molar-refractivity contribution in [2.24, 2.45) is 0 Å². The van der Waals surface area contributed by atoms with Gasteiger partial charge in [0.05, 0.1) is 0 Å². The fraction of sp³-hybridized carbons (Fsp3) is 0.286. The SMILES string of the molecule is CNC(C)c1cccn1Cc1cccc(Br)c1. The van der Waals surface area contributed by atoms with Gasteiger partial charge in [-0.25, -0.2) is 0 Å². The van der Waals surface area contributed by atoms with E-state index in [1.807, 2.05) is 7.05 Å². The van der Waals surface area contributed by atoms with Crippen LogP contribution >= 0.6 is 15.9 Å². The molecule has 1 aromatic carbocycles. The average molecular weight is 293 g/mol. The molecule has 17 heavy (non-hydrogen) atoms. The first-order valence-corrected chi connectivity index (χ1v) is 6.56. The molecule has 0 amide bonds. The summed E-state index contributed by atoms with van der Waals surface area (Å²) in [4.78, 5) is 0. The van der Waals surface area contributed by atoms with Gasteiger partial charge in [0.1, 0.15) is 0 Å². The molecule has 0 saturated carbocycles. The molecular weight excluding hydrogens is 276 g/mol. The van der Waals surface area contributed by atoms with Crippen molar-refractivity contribution in [1.82, 2.24) is 9.88 Å². The smallest absolute Gasteiger partial charge is 0.0473 e. The molecule has 2 nitrogen and oxygen atoms in total. The fourth-order valence-corrected chi connectivity index (χ4v) is 2.39. The minimum absolute atomic E-state index is 0.372. The topological polar surface area (TPSA) is 17.0 Å². The molecule has 0 bridgehead atoms. The highest BCUT2D eigenvalue weighted by Gasteiger charge is 2.07. The van der Waals surface area contributed by atoms with Crippen molar-refractivity contribution in [2.45, 2.75) is 19.5 Å². The van der Waals surface area contributed by atoms with Crippen molar-refractivity contribution in [3.63, 3.8) is 0 Å². The number of rotatable bonds is 4. The van der Waals surface area contributed by atoms with E-state index in [9.17, 15) is 0 Å². The Bertz CT molecular complexity index is 490. The van der Waals surface area contributed by atoms with E-state index in [2.05, 4.69) is 75.3 Å². The molecule has 0 fully saturated rings. The van der Waals surface area contributed by atoms with Crippen LogP contribution in [0.2, 0.25) is 0 Å². The average Bonchev–Trinajstić information content (AvgIpc) is 2.76. The third-order valence-corrected chi connectivity index (χ3v) is 3.48. The maximum atomic E-state index is 3.51. The highest BCUT2D eigenvalue weighted by Crippen LogP contribution is 2.17. The Morgan fingerprint density at radius 2 is 2.12 bits per heavy atom. The van der Waals surface area contributed by atoms with Crippen LogP contribution in [0.15, 0.2) is 47.1 Å². The van der Waals surface area contributed by atoms with Gasteiger partial charge in [0, 0.05) is 29.0 Å². The molecule has 90 valence electrons. The second kappa shape index (κ2) is 5.52. The number of aromatic nitrogens is 1. The molecule has 1 heterocycles. The Labute approximate surface area is 111 Å². The summed E-state index contributed by atoms with van der Waals surface area (Å²) in [5.74, 6) is 0. The molecule has 0 spiro atoms. The van der Waals surface area contributed by atoms with Gasteiger partial charge in [0.2, 0.25) is 0 Å². The number of hydrogen-bond acceptors (Lipinski definition) is 1. The second-order valence-corrected chi connectivity index (χ2v) is 5.12. The molecule has 0 aliphatic heterocycles. The van der Waals surface area contributed by atoms with Crippen LogP contribution in [0.4, 0.5) is 0 Å². The minimum Gasteiger partial charge on any atom is -0.346 e. The third kappa shape index (κ3) is 2.99. The molecule has 0 aliphatic rings. The normalized spacial score (nSPS) is 12.6. The van der Waals surface area contributed by atoms with Crippen LogP contribution in [0.25, 0.3) is 0 Å². The van der Waals surface area contributed by atoms with Gasteiger partial charge in [-0.1, -0.05) is 28.1 Å². The monoisotopic (exact) mass is 292 g/mol. The summed E-state index contributed by atoms with van der Waals surface area (Å²) >= 11 is 3.51. The highest BCUT2D eigenvalue weighted by molar-refractivity contribution is 9.10. The predicted octanol–water partition coefficient (Wildman–Crippen LogP) is 3.58. The molecule has 1 unspecified atom stereocenters. The standard InChI is InChI=1S/C14H17BrN2/c1-11(16-2)14-7-4-8-17(14)10-12-5-3-6-13(15)9-12/h3-9,11,16H,10H2,1-2H3. The van der Waals surface area contributed by atoms with E-state index in [1.165, 1.54) is 11.3 Å². The molecule has 2 rings (SSSR count). The number of nitrogens with zero attached hydrogens (tertiary/aromatic N) is 1. The van der Waals surface area contributed by atoms with Gasteiger partial charge < -0.3 is 9.88 Å². The lowest BCUT2D eigenvalue weighted by molar-refractivity contribution is 0.589. The lowest BCUT2D eigenvalue weighted by Crippen LogP contribution is -2.16. The van der Waals surface area contributed by atoms with Gasteiger partial charge >= 0.3 is 0 Å². The van der Waals surface area contributed by atoms with Gasteiger partial charge in [-0.15, -0.1) is 0 Å². The van der Waals surface area contributed by atoms with Crippen molar-refractivity contribution in [1.29, 1.82) is 0 Å². The quantitative estimate of drug-likeness (QED) is 0.911. The molecule has 0 aliphatic carbocycles. The van der Waals surface area contributed by atoms with Crippen molar-refractivity contribution in [2.75, 3.05) is 7.05 Å². The van der Waals surface area contributed by atoms with E-state index in [4.69, 9.17) is 0 Å².